The van der Waals surface area contributed by atoms with Gasteiger partial charge in [0.05, 0.1) is 4.90 Å². The molecule has 3 N–H and O–H groups in total. The number of nitrogens with zero attached hydrogens (tertiary/aromatic N) is 2. The summed E-state index contributed by atoms with van der Waals surface area (Å²) in [6.07, 6.45) is 0.733. The molecule has 1 amide bonds. The highest BCUT2D eigenvalue weighted by atomic mass is 32.2. The molecule has 0 aliphatic carbocycles. The van der Waals surface area contributed by atoms with Crippen LogP contribution in [-0.4, -0.2) is 31.3 Å². The number of hydrazine groups is 1. The van der Waals surface area contributed by atoms with Crippen LogP contribution in [0.4, 0.5) is 5.95 Å². The Labute approximate surface area is 147 Å². The van der Waals surface area contributed by atoms with E-state index in [-0.39, 0.29) is 17.2 Å². The van der Waals surface area contributed by atoms with E-state index in [1.165, 1.54) is 19.2 Å². The molecule has 1 aromatic carbocycles. The van der Waals surface area contributed by atoms with Gasteiger partial charge < -0.3 is 0 Å². The lowest BCUT2D eigenvalue weighted by Crippen LogP contribution is -2.30. The Morgan fingerprint density at radius 3 is 2.24 bits per heavy atom. The number of amides is 1. The summed E-state index contributed by atoms with van der Waals surface area (Å²) in [6, 6.07) is 8.25. The zero-order valence-corrected chi connectivity index (χ0v) is 15.1. The molecule has 2 aromatic rings. The second kappa shape index (κ2) is 8.04. The molecule has 8 nitrogen and oxygen atoms in total. The molecule has 0 atom stereocenters. The fourth-order valence-corrected chi connectivity index (χ4v) is 2.91. The number of carbonyl (C=O) groups excluding carboxylic acids is 1. The van der Waals surface area contributed by atoms with E-state index in [4.69, 9.17) is 0 Å². The van der Waals surface area contributed by atoms with E-state index >= 15 is 0 Å². The van der Waals surface area contributed by atoms with E-state index in [0.717, 1.165) is 17.0 Å². The van der Waals surface area contributed by atoms with E-state index < -0.39 is 10.0 Å². The lowest BCUT2D eigenvalue weighted by atomic mass is 10.1. The third-order valence-corrected chi connectivity index (χ3v) is 4.87. The van der Waals surface area contributed by atoms with Crippen molar-refractivity contribution >= 4 is 21.9 Å². The van der Waals surface area contributed by atoms with Crippen LogP contribution in [0.5, 0.6) is 0 Å². The molecule has 0 unspecified atom stereocenters. The molecule has 25 heavy (non-hydrogen) atoms. The van der Waals surface area contributed by atoms with Gasteiger partial charge >= 0.3 is 0 Å². The molecule has 0 saturated carbocycles. The summed E-state index contributed by atoms with van der Waals surface area (Å²) < 4.78 is 25.6. The van der Waals surface area contributed by atoms with E-state index in [1.807, 2.05) is 19.9 Å². The summed E-state index contributed by atoms with van der Waals surface area (Å²) in [4.78, 5) is 20.4. The maximum absolute atomic E-state index is 11.9. The van der Waals surface area contributed by atoms with Gasteiger partial charge in [-0.25, -0.2) is 23.1 Å². The Hall–Kier alpha value is -2.52. The number of anilines is 1. The smallest absolute Gasteiger partial charge is 0.242 e. The molecule has 0 bridgehead atoms. The number of nitrogens with one attached hydrogen (secondary N) is 3. The minimum absolute atomic E-state index is 0.192. The van der Waals surface area contributed by atoms with E-state index in [0.29, 0.717) is 12.4 Å². The van der Waals surface area contributed by atoms with Crippen molar-refractivity contribution in [3.63, 3.8) is 0 Å². The number of aryl methyl sites for hydroxylation is 3. The van der Waals surface area contributed by atoms with Crippen LogP contribution in [0.2, 0.25) is 0 Å². The van der Waals surface area contributed by atoms with Crippen molar-refractivity contribution in [1.82, 2.24) is 20.1 Å². The number of carbonyl (C=O) groups is 1. The molecule has 0 radical (unpaired) electrons. The number of benzene rings is 1. The molecule has 134 valence electrons. The minimum atomic E-state index is -3.45. The van der Waals surface area contributed by atoms with Gasteiger partial charge in [0.15, 0.2) is 0 Å². The fourth-order valence-electron chi connectivity index (χ4n) is 2.18. The van der Waals surface area contributed by atoms with Gasteiger partial charge in [-0.05, 0) is 51.1 Å². The Morgan fingerprint density at radius 1 is 1.08 bits per heavy atom. The average Bonchev–Trinajstić information content (AvgIpc) is 2.57. The van der Waals surface area contributed by atoms with Crippen LogP contribution < -0.4 is 15.6 Å². The van der Waals surface area contributed by atoms with Crippen molar-refractivity contribution in [1.29, 1.82) is 0 Å². The molecule has 1 heterocycles. The average molecular weight is 363 g/mol. The third-order valence-electron chi connectivity index (χ3n) is 3.44. The number of sulfonamides is 1. The van der Waals surface area contributed by atoms with E-state index in [1.54, 1.807) is 12.1 Å². The van der Waals surface area contributed by atoms with Crippen LogP contribution in [-0.2, 0) is 21.2 Å². The quantitative estimate of drug-likeness (QED) is 0.635. The van der Waals surface area contributed by atoms with E-state index in [9.17, 15) is 13.2 Å². The first kappa shape index (κ1) is 18.8. The molecule has 2 rings (SSSR count). The van der Waals surface area contributed by atoms with Gasteiger partial charge in [0, 0.05) is 17.8 Å². The van der Waals surface area contributed by atoms with Crippen molar-refractivity contribution in [2.45, 2.75) is 31.6 Å². The predicted molar refractivity (Wildman–Crippen MR) is 94.3 cm³/mol. The van der Waals surface area contributed by atoms with Crippen molar-refractivity contribution in [3.8, 4) is 0 Å². The predicted octanol–water partition coefficient (Wildman–Crippen LogP) is 1.08. The molecule has 0 spiro atoms. The maximum atomic E-state index is 11.9. The molecule has 0 aliphatic heterocycles. The fraction of sp³-hybridized carbons (Fsp3) is 0.312. The first-order chi connectivity index (χ1) is 11.8. The highest BCUT2D eigenvalue weighted by Crippen LogP contribution is 2.11. The third kappa shape index (κ3) is 5.50. The maximum Gasteiger partial charge on any atom is 0.242 e. The molecular weight excluding hydrogens is 342 g/mol. The molecule has 9 heteroatoms. The highest BCUT2D eigenvalue weighted by molar-refractivity contribution is 7.89. The molecule has 1 aromatic heterocycles. The van der Waals surface area contributed by atoms with Gasteiger partial charge in [0.2, 0.25) is 21.9 Å². The van der Waals surface area contributed by atoms with Crippen LogP contribution in [0.1, 0.15) is 23.4 Å². The van der Waals surface area contributed by atoms with Gasteiger partial charge in [0.1, 0.15) is 0 Å². The number of aromatic nitrogens is 2. The second-order valence-corrected chi connectivity index (χ2v) is 7.39. The second-order valence-electron chi connectivity index (χ2n) is 5.50. The van der Waals surface area contributed by atoms with Gasteiger partial charge in [0.25, 0.3) is 0 Å². The van der Waals surface area contributed by atoms with Crippen LogP contribution in [0.3, 0.4) is 0 Å². The molecule has 0 saturated heterocycles. The summed E-state index contributed by atoms with van der Waals surface area (Å²) in [6.45, 7) is 3.69. The summed E-state index contributed by atoms with van der Waals surface area (Å²) in [5.41, 5.74) is 7.72. The topological polar surface area (TPSA) is 113 Å². The summed E-state index contributed by atoms with van der Waals surface area (Å²) >= 11 is 0. The Kier molecular flexibility index (Phi) is 6.05. The standard InChI is InChI=1S/C16H21N5O3S/c1-11-10-12(2)19-16(18-11)21-20-15(22)9-6-13-4-7-14(8-5-13)25(23,24)17-3/h4-5,7-8,10,17H,6,9H2,1-3H3,(H,20,22)(H,18,19,21). The van der Waals surface area contributed by atoms with Crippen molar-refractivity contribution in [3.05, 3.63) is 47.3 Å². The van der Waals surface area contributed by atoms with Gasteiger partial charge in [-0.15, -0.1) is 0 Å². The van der Waals surface area contributed by atoms with Crippen LogP contribution in [0.15, 0.2) is 35.2 Å². The molecular formula is C16H21N5O3S. The van der Waals surface area contributed by atoms with E-state index in [2.05, 4.69) is 25.5 Å². The number of hydrogen-bond acceptors (Lipinski definition) is 6. The lowest BCUT2D eigenvalue weighted by molar-refractivity contribution is -0.120. The first-order valence-electron chi connectivity index (χ1n) is 7.70. The Bertz CT molecular complexity index is 830. The van der Waals surface area contributed by atoms with Crippen LogP contribution >= 0.6 is 0 Å². The largest absolute Gasteiger partial charge is 0.273 e. The monoisotopic (exact) mass is 363 g/mol. The normalized spacial score (nSPS) is 11.2. The number of hydrogen-bond donors (Lipinski definition) is 3. The molecule has 0 fully saturated rings. The molecule has 0 aliphatic rings. The van der Waals surface area contributed by atoms with Gasteiger partial charge in [-0.1, -0.05) is 12.1 Å². The summed E-state index contributed by atoms with van der Waals surface area (Å²) in [5.74, 6) is 0.127. The first-order valence-corrected chi connectivity index (χ1v) is 9.18. The van der Waals surface area contributed by atoms with Crippen LogP contribution in [0.25, 0.3) is 0 Å². The SMILES string of the molecule is CNS(=O)(=O)c1ccc(CCC(=O)NNc2nc(C)cc(C)n2)cc1. The minimum Gasteiger partial charge on any atom is -0.273 e. The zero-order chi connectivity index (χ0) is 18.4. The number of rotatable bonds is 7. The highest BCUT2D eigenvalue weighted by Gasteiger charge is 2.11. The van der Waals surface area contributed by atoms with Crippen molar-refractivity contribution in [2.24, 2.45) is 0 Å². The Balaban J connectivity index is 1.85. The summed E-state index contributed by atoms with van der Waals surface area (Å²) in [5, 5.41) is 0. The van der Waals surface area contributed by atoms with Crippen molar-refractivity contribution in [2.75, 3.05) is 12.5 Å². The Morgan fingerprint density at radius 2 is 1.68 bits per heavy atom. The zero-order valence-electron chi connectivity index (χ0n) is 14.3. The lowest BCUT2D eigenvalue weighted by Gasteiger charge is -2.08. The van der Waals surface area contributed by atoms with Crippen molar-refractivity contribution < 1.29 is 13.2 Å². The van der Waals surface area contributed by atoms with Gasteiger partial charge in [-0.3, -0.25) is 15.6 Å². The van der Waals surface area contributed by atoms with Gasteiger partial charge in [-0.2, -0.15) is 0 Å². The van der Waals surface area contributed by atoms with Crippen LogP contribution in [0, 0.1) is 13.8 Å². The summed E-state index contributed by atoms with van der Waals surface area (Å²) in [7, 11) is -2.08.